The van der Waals surface area contributed by atoms with Gasteiger partial charge in [-0.1, -0.05) is 58.4 Å². The molecule has 28 heavy (non-hydrogen) atoms. The highest BCUT2D eigenvalue weighted by Crippen LogP contribution is 2.26. The van der Waals surface area contributed by atoms with Gasteiger partial charge in [-0.2, -0.15) is 0 Å². The van der Waals surface area contributed by atoms with E-state index in [1.165, 1.54) is 11.3 Å². The summed E-state index contributed by atoms with van der Waals surface area (Å²) in [5, 5.41) is 5.13. The van der Waals surface area contributed by atoms with E-state index in [2.05, 4.69) is 26.2 Å². The number of anilines is 1. The van der Waals surface area contributed by atoms with Crippen LogP contribution in [0.15, 0.2) is 64.5 Å². The molecule has 1 amide bonds. The second-order valence-electron chi connectivity index (χ2n) is 6.27. The molecule has 0 aliphatic carbocycles. The van der Waals surface area contributed by atoms with E-state index in [1.807, 2.05) is 47.8 Å². The maximum atomic E-state index is 12.2. The first-order chi connectivity index (χ1) is 13.4. The van der Waals surface area contributed by atoms with Crippen molar-refractivity contribution in [3.05, 3.63) is 70.0 Å². The smallest absolute Gasteiger partial charge is 0.226 e. The van der Waals surface area contributed by atoms with E-state index in [-0.39, 0.29) is 30.3 Å². The molecule has 0 aliphatic rings. The molecule has 0 atom stereocenters. The van der Waals surface area contributed by atoms with Crippen LogP contribution in [-0.4, -0.2) is 25.1 Å². The SMILES string of the molecule is O=C(CCCS(=O)(=O)Cc1ccccc1)Nc1nc(-c2ccc(Br)cc2)cs1. The quantitative estimate of drug-likeness (QED) is 0.498. The van der Waals surface area contributed by atoms with Crippen molar-refractivity contribution in [3.8, 4) is 11.3 Å². The van der Waals surface area contributed by atoms with Crippen molar-refractivity contribution in [2.75, 3.05) is 11.1 Å². The molecular weight excluding hydrogens is 460 g/mol. The van der Waals surface area contributed by atoms with Crippen LogP contribution in [0.2, 0.25) is 0 Å². The molecule has 1 N–H and O–H groups in total. The largest absolute Gasteiger partial charge is 0.302 e. The summed E-state index contributed by atoms with van der Waals surface area (Å²) in [6, 6.07) is 16.8. The Kier molecular flexibility index (Phi) is 6.98. The second-order valence-corrected chi connectivity index (χ2v) is 10.2. The van der Waals surface area contributed by atoms with Gasteiger partial charge in [-0.3, -0.25) is 4.79 Å². The van der Waals surface area contributed by atoms with Crippen LogP contribution in [0.1, 0.15) is 18.4 Å². The molecular formula is C20H19BrN2O3S2. The molecule has 1 aromatic heterocycles. The van der Waals surface area contributed by atoms with Crippen molar-refractivity contribution in [2.45, 2.75) is 18.6 Å². The number of amides is 1. The highest BCUT2D eigenvalue weighted by atomic mass is 79.9. The van der Waals surface area contributed by atoms with Gasteiger partial charge < -0.3 is 5.32 Å². The normalized spacial score (nSPS) is 11.3. The van der Waals surface area contributed by atoms with Crippen molar-refractivity contribution >= 4 is 48.1 Å². The van der Waals surface area contributed by atoms with Crippen molar-refractivity contribution < 1.29 is 13.2 Å². The van der Waals surface area contributed by atoms with E-state index in [0.29, 0.717) is 5.13 Å². The Morgan fingerprint density at radius 1 is 1.07 bits per heavy atom. The summed E-state index contributed by atoms with van der Waals surface area (Å²) in [6.45, 7) is 0. The molecule has 0 saturated heterocycles. The summed E-state index contributed by atoms with van der Waals surface area (Å²) < 4.78 is 25.3. The molecule has 3 rings (SSSR count). The molecule has 0 aliphatic heterocycles. The van der Waals surface area contributed by atoms with Crippen LogP contribution >= 0.6 is 27.3 Å². The number of rotatable bonds is 8. The van der Waals surface area contributed by atoms with Gasteiger partial charge in [-0.15, -0.1) is 11.3 Å². The predicted molar refractivity (Wildman–Crippen MR) is 117 cm³/mol. The van der Waals surface area contributed by atoms with E-state index in [1.54, 1.807) is 12.1 Å². The Hall–Kier alpha value is -2.03. The number of hydrogen-bond acceptors (Lipinski definition) is 5. The number of aromatic nitrogens is 1. The first-order valence-electron chi connectivity index (χ1n) is 8.67. The molecule has 1 heterocycles. The Bertz CT molecular complexity index is 1030. The summed E-state index contributed by atoms with van der Waals surface area (Å²) in [5.74, 6) is -0.248. The zero-order valence-corrected chi connectivity index (χ0v) is 18.2. The average Bonchev–Trinajstić information content (AvgIpc) is 3.11. The van der Waals surface area contributed by atoms with Crippen molar-refractivity contribution in [1.82, 2.24) is 4.98 Å². The number of benzene rings is 2. The van der Waals surface area contributed by atoms with Gasteiger partial charge in [0.25, 0.3) is 0 Å². The van der Waals surface area contributed by atoms with Gasteiger partial charge in [-0.05, 0) is 24.1 Å². The Labute approximate surface area is 176 Å². The lowest BCUT2D eigenvalue weighted by atomic mass is 10.2. The molecule has 0 spiro atoms. The van der Waals surface area contributed by atoms with Crippen LogP contribution < -0.4 is 5.32 Å². The van der Waals surface area contributed by atoms with Gasteiger partial charge >= 0.3 is 0 Å². The van der Waals surface area contributed by atoms with Gasteiger partial charge in [0.2, 0.25) is 5.91 Å². The first-order valence-corrected chi connectivity index (χ1v) is 12.2. The topological polar surface area (TPSA) is 76.1 Å². The number of hydrogen-bond donors (Lipinski definition) is 1. The zero-order chi connectivity index (χ0) is 20.0. The van der Waals surface area contributed by atoms with Crippen molar-refractivity contribution in [1.29, 1.82) is 0 Å². The molecule has 2 aromatic carbocycles. The number of sulfone groups is 1. The number of halogens is 1. The lowest BCUT2D eigenvalue weighted by molar-refractivity contribution is -0.116. The van der Waals surface area contributed by atoms with E-state index < -0.39 is 9.84 Å². The minimum Gasteiger partial charge on any atom is -0.302 e. The van der Waals surface area contributed by atoms with E-state index in [4.69, 9.17) is 0 Å². The van der Waals surface area contributed by atoms with Crippen LogP contribution in [-0.2, 0) is 20.4 Å². The molecule has 5 nitrogen and oxygen atoms in total. The van der Waals surface area contributed by atoms with E-state index >= 15 is 0 Å². The number of nitrogens with one attached hydrogen (secondary N) is 1. The fraction of sp³-hybridized carbons (Fsp3) is 0.200. The van der Waals surface area contributed by atoms with Crippen LogP contribution in [0, 0.1) is 0 Å². The average molecular weight is 479 g/mol. The summed E-state index contributed by atoms with van der Waals surface area (Å²) in [5.41, 5.74) is 2.51. The third-order valence-electron chi connectivity index (χ3n) is 3.98. The maximum Gasteiger partial charge on any atom is 0.226 e. The summed E-state index contributed by atoms with van der Waals surface area (Å²) in [4.78, 5) is 16.5. The van der Waals surface area contributed by atoms with Crippen LogP contribution in [0.5, 0.6) is 0 Å². The molecule has 3 aromatic rings. The second kappa shape index (κ2) is 9.45. The molecule has 8 heteroatoms. The number of carbonyl (C=O) groups is 1. The Morgan fingerprint density at radius 3 is 2.50 bits per heavy atom. The molecule has 0 unspecified atom stereocenters. The van der Waals surface area contributed by atoms with Gasteiger partial charge in [-0.25, -0.2) is 13.4 Å². The fourth-order valence-electron chi connectivity index (χ4n) is 2.62. The summed E-state index contributed by atoms with van der Waals surface area (Å²) in [7, 11) is -3.24. The number of thiazole rings is 1. The molecule has 0 radical (unpaired) electrons. The van der Waals surface area contributed by atoms with E-state index in [9.17, 15) is 13.2 Å². The third-order valence-corrected chi connectivity index (χ3v) is 6.95. The lowest BCUT2D eigenvalue weighted by Gasteiger charge is -2.05. The highest BCUT2D eigenvalue weighted by molar-refractivity contribution is 9.10. The minimum absolute atomic E-state index is 0.00150. The standard InChI is InChI=1S/C20H19BrN2O3S2/c21-17-10-8-16(9-11-17)18-13-27-20(22-18)23-19(24)7-4-12-28(25,26)14-15-5-2-1-3-6-15/h1-3,5-6,8-11,13H,4,7,12,14H2,(H,22,23,24). The van der Waals surface area contributed by atoms with Gasteiger partial charge in [0, 0.05) is 21.8 Å². The minimum atomic E-state index is -3.24. The van der Waals surface area contributed by atoms with Crippen LogP contribution in [0.25, 0.3) is 11.3 Å². The van der Waals surface area contributed by atoms with Crippen molar-refractivity contribution in [3.63, 3.8) is 0 Å². The summed E-state index contributed by atoms with van der Waals surface area (Å²) >= 11 is 4.74. The van der Waals surface area contributed by atoms with Crippen LogP contribution in [0.3, 0.4) is 0 Å². The van der Waals surface area contributed by atoms with Crippen LogP contribution in [0.4, 0.5) is 5.13 Å². The summed E-state index contributed by atoms with van der Waals surface area (Å²) in [6.07, 6.45) is 0.424. The molecule has 146 valence electrons. The highest BCUT2D eigenvalue weighted by Gasteiger charge is 2.14. The van der Waals surface area contributed by atoms with Crippen molar-refractivity contribution in [2.24, 2.45) is 0 Å². The molecule has 0 bridgehead atoms. The Morgan fingerprint density at radius 2 is 1.79 bits per heavy atom. The number of carbonyl (C=O) groups excluding carboxylic acids is 1. The monoisotopic (exact) mass is 478 g/mol. The third kappa shape index (κ3) is 6.25. The fourth-order valence-corrected chi connectivity index (χ4v) is 5.05. The zero-order valence-electron chi connectivity index (χ0n) is 15.0. The van der Waals surface area contributed by atoms with Gasteiger partial charge in [0.15, 0.2) is 15.0 Å². The van der Waals surface area contributed by atoms with E-state index in [0.717, 1.165) is 21.3 Å². The maximum absolute atomic E-state index is 12.2. The molecule has 0 fully saturated rings. The molecule has 0 saturated carbocycles. The number of nitrogens with zero attached hydrogens (tertiary/aromatic N) is 1. The van der Waals surface area contributed by atoms with Gasteiger partial charge in [0.1, 0.15) is 0 Å². The predicted octanol–water partition coefficient (Wildman–Crippen LogP) is 4.91. The first kappa shape index (κ1) is 20.7. The Balaban J connectivity index is 1.47. The lowest BCUT2D eigenvalue weighted by Crippen LogP contribution is -2.15. The van der Waals surface area contributed by atoms with Gasteiger partial charge in [0.05, 0.1) is 17.2 Å².